The van der Waals surface area contributed by atoms with Gasteiger partial charge in [0.25, 0.3) is 0 Å². The van der Waals surface area contributed by atoms with Gasteiger partial charge in [0.15, 0.2) is 0 Å². The monoisotopic (exact) mass is 267 g/mol. The summed E-state index contributed by atoms with van der Waals surface area (Å²) in [6.07, 6.45) is -0.157. The lowest BCUT2D eigenvalue weighted by atomic mass is 10.1. The molecule has 1 rings (SSSR count). The Labute approximate surface area is 111 Å². The van der Waals surface area contributed by atoms with Gasteiger partial charge >= 0.3 is 5.97 Å². The summed E-state index contributed by atoms with van der Waals surface area (Å²) in [5.74, 6) is -0.769. The topological polar surface area (TPSA) is 66.4 Å². The van der Waals surface area contributed by atoms with Gasteiger partial charge in [-0.15, -0.1) is 11.8 Å². The maximum atomic E-state index is 11.7. The molecule has 0 fully saturated rings. The van der Waals surface area contributed by atoms with Crippen LogP contribution < -0.4 is 5.32 Å². The average Bonchev–Trinajstić information content (AvgIpc) is 2.31. The van der Waals surface area contributed by atoms with E-state index >= 15 is 0 Å². The molecule has 1 aromatic carbocycles. The predicted octanol–water partition coefficient (Wildman–Crippen LogP) is 2.85. The van der Waals surface area contributed by atoms with E-state index in [4.69, 9.17) is 5.11 Å². The number of hydrogen-bond acceptors (Lipinski definition) is 3. The second-order valence-corrected chi connectivity index (χ2v) is 5.28. The van der Waals surface area contributed by atoms with E-state index in [0.717, 1.165) is 10.6 Å². The predicted molar refractivity (Wildman–Crippen MR) is 72.9 cm³/mol. The molecule has 0 spiro atoms. The highest BCUT2D eigenvalue weighted by atomic mass is 32.2. The number of hydrogen-bond donors (Lipinski definition) is 2. The molecule has 0 bridgehead atoms. The summed E-state index contributed by atoms with van der Waals surface area (Å²) in [6, 6.07) is 7.52. The summed E-state index contributed by atoms with van der Waals surface area (Å²) >= 11 is 1.73. The molecule has 0 saturated carbocycles. The van der Waals surface area contributed by atoms with Gasteiger partial charge in [-0.3, -0.25) is 9.59 Å². The first-order valence-electron chi connectivity index (χ1n) is 5.78. The molecular formula is C13H17NO3S. The van der Waals surface area contributed by atoms with E-state index in [1.54, 1.807) is 18.7 Å². The quantitative estimate of drug-likeness (QED) is 0.778. The third-order valence-electron chi connectivity index (χ3n) is 2.36. The Balaban J connectivity index is 2.56. The molecule has 0 radical (unpaired) electrons. The fraction of sp³-hybridized carbons (Fsp3) is 0.385. The van der Waals surface area contributed by atoms with Crippen molar-refractivity contribution in [2.75, 3.05) is 11.1 Å². The van der Waals surface area contributed by atoms with Crippen LogP contribution in [-0.2, 0) is 9.59 Å². The van der Waals surface area contributed by atoms with Gasteiger partial charge in [-0.05, 0) is 30.0 Å². The zero-order chi connectivity index (χ0) is 13.5. The summed E-state index contributed by atoms with van der Waals surface area (Å²) in [4.78, 5) is 23.3. The van der Waals surface area contributed by atoms with Crippen molar-refractivity contribution < 1.29 is 14.7 Å². The fourth-order valence-electron chi connectivity index (χ4n) is 1.42. The summed E-state index contributed by atoms with van der Waals surface area (Å²) < 4.78 is 0. The Morgan fingerprint density at radius 1 is 1.33 bits per heavy atom. The highest BCUT2D eigenvalue weighted by Gasteiger charge is 2.16. The minimum Gasteiger partial charge on any atom is -0.481 e. The first-order chi connectivity index (χ1) is 8.52. The zero-order valence-electron chi connectivity index (χ0n) is 10.5. The van der Waals surface area contributed by atoms with Crippen molar-refractivity contribution in [1.82, 2.24) is 0 Å². The van der Waals surface area contributed by atoms with Crippen molar-refractivity contribution in [2.24, 2.45) is 5.92 Å². The van der Waals surface area contributed by atoms with E-state index in [1.807, 2.05) is 24.3 Å². The number of thioether (sulfide) groups is 1. The molecule has 1 amide bonds. The standard InChI is InChI=1S/C13H17NO3S/c1-3-18-11-6-4-10(5-7-11)14-13(17)9(2)8-12(15)16/h4-7,9H,3,8H2,1-2H3,(H,14,17)(H,15,16). The van der Waals surface area contributed by atoms with Gasteiger partial charge in [0, 0.05) is 16.5 Å². The van der Waals surface area contributed by atoms with Crippen LogP contribution in [0.5, 0.6) is 0 Å². The second-order valence-electron chi connectivity index (χ2n) is 3.95. The van der Waals surface area contributed by atoms with E-state index in [2.05, 4.69) is 12.2 Å². The highest BCUT2D eigenvalue weighted by molar-refractivity contribution is 7.99. The first-order valence-corrected chi connectivity index (χ1v) is 6.77. The number of nitrogens with one attached hydrogen (secondary N) is 1. The van der Waals surface area contributed by atoms with Crippen LogP contribution in [0.4, 0.5) is 5.69 Å². The minimum absolute atomic E-state index is 0.157. The Hall–Kier alpha value is -1.49. The van der Waals surface area contributed by atoms with Gasteiger partial charge in [-0.2, -0.15) is 0 Å². The van der Waals surface area contributed by atoms with Gasteiger partial charge in [0.1, 0.15) is 0 Å². The fourth-order valence-corrected chi connectivity index (χ4v) is 2.08. The molecule has 0 heterocycles. The molecule has 4 nitrogen and oxygen atoms in total. The lowest BCUT2D eigenvalue weighted by Gasteiger charge is -2.10. The third-order valence-corrected chi connectivity index (χ3v) is 3.26. The zero-order valence-corrected chi connectivity index (χ0v) is 11.3. The summed E-state index contributed by atoms with van der Waals surface area (Å²) in [6.45, 7) is 3.68. The summed E-state index contributed by atoms with van der Waals surface area (Å²) in [5, 5.41) is 11.3. The number of carbonyl (C=O) groups excluding carboxylic acids is 1. The van der Waals surface area contributed by atoms with Crippen LogP contribution in [0.2, 0.25) is 0 Å². The SMILES string of the molecule is CCSc1ccc(NC(=O)C(C)CC(=O)O)cc1. The van der Waals surface area contributed by atoms with Crippen LogP contribution in [0.25, 0.3) is 0 Å². The third kappa shape index (κ3) is 4.79. The minimum atomic E-state index is -0.965. The normalized spacial score (nSPS) is 11.9. The van der Waals surface area contributed by atoms with Crippen LogP contribution >= 0.6 is 11.8 Å². The molecule has 1 aromatic rings. The summed E-state index contributed by atoms with van der Waals surface area (Å²) in [7, 11) is 0. The molecule has 0 aliphatic heterocycles. The molecule has 1 unspecified atom stereocenters. The van der Waals surface area contributed by atoms with Gasteiger partial charge < -0.3 is 10.4 Å². The summed E-state index contributed by atoms with van der Waals surface area (Å²) in [5.41, 5.74) is 0.692. The van der Waals surface area contributed by atoms with Crippen LogP contribution in [0.15, 0.2) is 29.2 Å². The molecule has 18 heavy (non-hydrogen) atoms. The van der Waals surface area contributed by atoms with Crippen LogP contribution in [0.3, 0.4) is 0 Å². The van der Waals surface area contributed by atoms with Gasteiger partial charge in [-0.1, -0.05) is 13.8 Å². The average molecular weight is 267 g/mol. The van der Waals surface area contributed by atoms with Crippen molar-refractivity contribution in [2.45, 2.75) is 25.2 Å². The Kier molecular flexibility index (Phi) is 5.71. The number of aliphatic carboxylic acids is 1. The Bertz CT molecular complexity index is 417. The molecule has 0 aliphatic carbocycles. The molecule has 0 aliphatic rings. The highest BCUT2D eigenvalue weighted by Crippen LogP contribution is 2.20. The second kappa shape index (κ2) is 7.06. The Morgan fingerprint density at radius 3 is 2.44 bits per heavy atom. The Morgan fingerprint density at radius 2 is 1.94 bits per heavy atom. The van der Waals surface area contributed by atoms with E-state index in [1.165, 1.54) is 0 Å². The molecular weight excluding hydrogens is 250 g/mol. The lowest BCUT2D eigenvalue weighted by Crippen LogP contribution is -2.22. The molecule has 98 valence electrons. The van der Waals surface area contributed by atoms with Crippen molar-refractivity contribution in [3.63, 3.8) is 0 Å². The smallest absolute Gasteiger partial charge is 0.304 e. The van der Waals surface area contributed by atoms with Crippen LogP contribution in [0.1, 0.15) is 20.3 Å². The number of amides is 1. The first kappa shape index (κ1) is 14.6. The van der Waals surface area contributed by atoms with Crippen molar-refractivity contribution in [3.8, 4) is 0 Å². The van der Waals surface area contributed by atoms with E-state index in [-0.39, 0.29) is 12.3 Å². The number of benzene rings is 1. The number of carbonyl (C=O) groups is 2. The van der Waals surface area contributed by atoms with Crippen molar-refractivity contribution in [1.29, 1.82) is 0 Å². The maximum Gasteiger partial charge on any atom is 0.304 e. The van der Waals surface area contributed by atoms with Crippen molar-refractivity contribution >= 4 is 29.3 Å². The molecule has 0 saturated heterocycles. The largest absolute Gasteiger partial charge is 0.481 e. The number of rotatable bonds is 6. The van der Waals surface area contributed by atoms with Gasteiger partial charge in [0.2, 0.25) is 5.91 Å². The van der Waals surface area contributed by atoms with Gasteiger partial charge in [-0.25, -0.2) is 0 Å². The molecule has 1 atom stereocenters. The number of anilines is 1. The molecule has 0 aromatic heterocycles. The number of carboxylic acid groups (broad SMARTS) is 1. The van der Waals surface area contributed by atoms with E-state index in [9.17, 15) is 9.59 Å². The number of carboxylic acids is 1. The van der Waals surface area contributed by atoms with Crippen molar-refractivity contribution in [3.05, 3.63) is 24.3 Å². The van der Waals surface area contributed by atoms with Crippen LogP contribution in [0, 0.1) is 5.92 Å². The maximum absolute atomic E-state index is 11.7. The molecule has 2 N–H and O–H groups in total. The van der Waals surface area contributed by atoms with E-state index < -0.39 is 11.9 Å². The van der Waals surface area contributed by atoms with E-state index in [0.29, 0.717) is 5.69 Å². The molecule has 5 heteroatoms. The van der Waals surface area contributed by atoms with Crippen LogP contribution in [-0.4, -0.2) is 22.7 Å². The van der Waals surface area contributed by atoms with Gasteiger partial charge in [0.05, 0.1) is 6.42 Å². The lowest BCUT2D eigenvalue weighted by molar-refractivity contribution is -0.139.